The molecule has 0 aliphatic carbocycles. The van der Waals surface area contributed by atoms with Crippen LogP contribution < -0.4 is 5.73 Å². The van der Waals surface area contributed by atoms with Crippen LogP contribution in [-0.4, -0.2) is 42.7 Å². The summed E-state index contributed by atoms with van der Waals surface area (Å²) in [6, 6.07) is 0. The smallest absolute Gasteiger partial charge is 0.0941 e. The normalized spacial score (nSPS) is 11.3. The fourth-order valence-corrected chi connectivity index (χ4v) is 2.38. The summed E-state index contributed by atoms with van der Waals surface area (Å²) >= 11 is 1.71. The van der Waals surface area contributed by atoms with Gasteiger partial charge < -0.3 is 10.5 Å². The van der Waals surface area contributed by atoms with Crippen LogP contribution >= 0.6 is 11.3 Å². The molecule has 1 rings (SSSR count). The maximum atomic E-state index is 5.52. The zero-order chi connectivity index (χ0) is 12.5. The first-order chi connectivity index (χ1) is 8.30. The number of hydrogen-bond acceptors (Lipinski definition) is 5. The molecule has 17 heavy (non-hydrogen) atoms. The molecule has 0 radical (unpaired) electrons. The molecule has 1 aromatic heterocycles. The quantitative estimate of drug-likeness (QED) is 0.681. The van der Waals surface area contributed by atoms with Crippen LogP contribution in [0.2, 0.25) is 0 Å². The third-order valence-corrected chi connectivity index (χ3v) is 3.50. The summed E-state index contributed by atoms with van der Waals surface area (Å²) in [4.78, 5) is 6.92. The van der Waals surface area contributed by atoms with E-state index < -0.39 is 0 Å². The van der Waals surface area contributed by atoms with Crippen molar-refractivity contribution in [2.45, 2.75) is 26.8 Å². The Hall–Kier alpha value is -0.490. The summed E-state index contributed by atoms with van der Waals surface area (Å²) in [5.74, 6) is 0. The highest BCUT2D eigenvalue weighted by Crippen LogP contribution is 2.12. The average Bonchev–Trinajstić information content (AvgIpc) is 2.76. The Morgan fingerprint density at radius 3 is 2.94 bits per heavy atom. The van der Waals surface area contributed by atoms with Crippen molar-refractivity contribution in [1.29, 1.82) is 0 Å². The van der Waals surface area contributed by atoms with E-state index in [2.05, 4.69) is 22.2 Å². The number of nitrogens with zero attached hydrogens (tertiary/aromatic N) is 2. The molecule has 1 heterocycles. The molecule has 0 aliphatic rings. The first-order valence-electron chi connectivity index (χ1n) is 6.23. The molecule has 0 saturated heterocycles. The van der Waals surface area contributed by atoms with Gasteiger partial charge >= 0.3 is 0 Å². The zero-order valence-electron chi connectivity index (χ0n) is 10.8. The molecular formula is C12H23N3OS. The average molecular weight is 257 g/mol. The van der Waals surface area contributed by atoms with Crippen LogP contribution in [0.5, 0.6) is 0 Å². The van der Waals surface area contributed by atoms with E-state index in [0.29, 0.717) is 6.54 Å². The van der Waals surface area contributed by atoms with Gasteiger partial charge in [0.1, 0.15) is 0 Å². The minimum atomic E-state index is 0.675. The summed E-state index contributed by atoms with van der Waals surface area (Å²) in [6.07, 6.45) is 0.885. The number of hydrogen-bond donors (Lipinski definition) is 1. The highest BCUT2D eigenvalue weighted by molar-refractivity contribution is 7.09. The largest absolute Gasteiger partial charge is 0.380 e. The Kier molecular flexibility index (Phi) is 7.35. The first-order valence-corrected chi connectivity index (χ1v) is 7.11. The van der Waals surface area contributed by atoms with Gasteiger partial charge in [-0.3, -0.25) is 4.90 Å². The predicted octanol–water partition coefficient (Wildman–Crippen LogP) is 1.50. The standard InChI is InChI=1S/C12H23N3OS/c1-3-15(7-8-16-4-2)9-11-10-17-12(14-11)5-6-13/h10H,3-9,13H2,1-2H3. The summed E-state index contributed by atoms with van der Waals surface area (Å²) in [6.45, 7) is 9.35. The Bertz CT molecular complexity index is 304. The zero-order valence-corrected chi connectivity index (χ0v) is 11.6. The van der Waals surface area contributed by atoms with Crippen molar-refractivity contribution in [2.75, 3.05) is 32.8 Å². The van der Waals surface area contributed by atoms with Gasteiger partial charge in [0.25, 0.3) is 0 Å². The maximum Gasteiger partial charge on any atom is 0.0941 e. The van der Waals surface area contributed by atoms with Crippen LogP contribution in [0.4, 0.5) is 0 Å². The van der Waals surface area contributed by atoms with E-state index in [0.717, 1.165) is 50.0 Å². The van der Waals surface area contributed by atoms with Crippen LogP contribution in [0, 0.1) is 0 Å². The van der Waals surface area contributed by atoms with Gasteiger partial charge in [0.05, 0.1) is 17.3 Å². The van der Waals surface area contributed by atoms with E-state index in [1.807, 2.05) is 6.92 Å². The van der Waals surface area contributed by atoms with Gasteiger partial charge in [-0.25, -0.2) is 4.98 Å². The summed E-state index contributed by atoms with van der Waals surface area (Å²) in [7, 11) is 0. The molecular weight excluding hydrogens is 234 g/mol. The van der Waals surface area contributed by atoms with Crippen LogP contribution in [0.3, 0.4) is 0 Å². The molecule has 0 amide bonds. The van der Waals surface area contributed by atoms with Crippen LogP contribution in [0.1, 0.15) is 24.5 Å². The van der Waals surface area contributed by atoms with Crippen molar-refractivity contribution in [2.24, 2.45) is 5.73 Å². The molecule has 0 fully saturated rings. The molecule has 0 aromatic carbocycles. The van der Waals surface area contributed by atoms with Gasteiger partial charge in [-0.15, -0.1) is 11.3 Å². The number of likely N-dealkylation sites (N-methyl/N-ethyl adjacent to an activating group) is 1. The van der Waals surface area contributed by atoms with E-state index in [4.69, 9.17) is 10.5 Å². The Labute approximate surface area is 108 Å². The third-order valence-electron chi connectivity index (χ3n) is 2.55. The number of thiazole rings is 1. The summed E-state index contributed by atoms with van der Waals surface area (Å²) in [5, 5.41) is 3.28. The molecule has 0 atom stereocenters. The topological polar surface area (TPSA) is 51.4 Å². The number of rotatable bonds is 9. The molecule has 0 aliphatic heterocycles. The van der Waals surface area contributed by atoms with Crippen molar-refractivity contribution in [3.63, 3.8) is 0 Å². The highest BCUT2D eigenvalue weighted by atomic mass is 32.1. The lowest BCUT2D eigenvalue weighted by atomic mass is 10.4. The lowest BCUT2D eigenvalue weighted by Crippen LogP contribution is -2.27. The molecule has 0 spiro atoms. The van der Waals surface area contributed by atoms with Crippen molar-refractivity contribution >= 4 is 11.3 Å². The van der Waals surface area contributed by atoms with Gasteiger partial charge in [-0.1, -0.05) is 6.92 Å². The van der Waals surface area contributed by atoms with E-state index in [9.17, 15) is 0 Å². The lowest BCUT2D eigenvalue weighted by Gasteiger charge is -2.18. The van der Waals surface area contributed by atoms with Crippen molar-refractivity contribution in [3.8, 4) is 0 Å². The molecule has 1 aromatic rings. The Balaban J connectivity index is 2.37. The number of aromatic nitrogens is 1. The lowest BCUT2D eigenvalue weighted by molar-refractivity contribution is 0.112. The molecule has 4 nitrogen and oxygen atoms in total. The second kappa shape index (κ2) is 8.58. The SMILES string of the molecule is CCOCCN(CC)Cc1csc(CCN)n1. The molecule has 0 saturated carbocycles. The second-order valence-corrected chi connectivity index (χ2v) is 4.78. The van der Waals surface area contributed by atoms with E-state index in [1.165, 1.54) is 0 Å². The summed E-state index contributed by atoms with van der Waals surface area (Å²) < 4.78 is 5.37. The molecule has 98 valence electrons. The minimum Gasteiger partial charge on any atom is -0.380 e. The van der Waals surface area contributed by atoms with Gasteiger partial charge in [0.15, 0.2) is 0 Å². The molecule has 5 heteroatoms. The van der Waals surface area contributed by atoms with Gasteiger partial charge in [0, 0.05) is 31.5 Å². The molecule has 2 N–H and O–H groups in total. The van der Waals surface area contributed by atoms with Crippen molar-refractivity contribution in [1.82, 2.24) is 9.88 Å². The number of ether oxygens (including phenoxy) is 1. The van der Waals surface area contributed by atoms with Gasteiger partial charge in [-0.05, 0) is 20.0 Å². The van der Waals surface area contributed by atoms with Crippen LogP contribution in [-0.2, 0) is 17.7 Å². The van der Waals surface area contributed by atoms with Crippen LogP contribution in [0.25, 0.3) is 0 Å². The molecule has 0 bridgehead atoms. The highest BCUT2D eigenvalue weighted by Gasteiger charge is 2.07. The maximum absolute atomic E-state index is 5.52. The fourth-order valence-electron chi connectivity index (χ4n) is 1.58. The van der Waals surface area contributed by atoms with E-state index in [1.54, 1.807) is 11.3 Å². The Morgan fingerprint density at radius 1 is 1.47 bits per heavy atom. The number of nitrogens with two attached hydrogens (primary N) is 1. The minimum absolute atomic E-state index is 0.675. The van der Waals surface area contributed by atoms with Gasteiger partial charge in [-0.2, -0.15) is 0 Å². The van der Waals surface area contributed by atoms with Crippen LogP contribution in [0.15, 0.2) is 5.38 Å². The summed E-state index contributed by atoms with van der Waals surface area (Å²) in [5.41, 5.74) is 6.67. The van der Waals surface area contributed by atoms with Crippen molar-refractivity contribution < 1.29 is 4.74 Å². The fraction of sp³-hybridized carbons (Fsp3) is 0.750. The Morgan fingerprint density at radius 2 is 2.29 bits per heavy atom. The monoisotopic (exact) mass is 257 g/mol. The molecule has 0 unspecified atom stereocenters. The second-order valence-electron chi connectivity index (χ2n) is 3.84. The van der Waals surface area contributed by atoms with Gasteiger partial charge in [0.2, 0.25) is 0 Å². The third kappa shape index (κ3) is 5.59. The van der Waals surface area contributed by atoms with E-state index >= 15 is 0 Å². The predicted molar refractivity (Wildman–Crippen MR) is 72.3 cm³/mol. The van der Waals surface area contributed by atoms with Crippen molar-refractivity contribution in [3.05, 3.63) is 16.1 Å². The van der Waals surface area contributed by atoms with E-state index in [-0.39, 0.29) is 0 Å². The first kappa shape index (κ1) is 14.6.